The number of para-hydroxylation sites is 1. The third-order valence-electron chi connectivity index (χ3n) is 3.19. The SMILES string of the molecule is CC(NCc1cccc2c1NCCC2)C(N)=O. The van der Waals surface area contributed by atoms with Crippen LogP contribution in [0.2, 0.25) is 0 Å². The van der Waals surface area contributed by atoms with Crippen molar-refractivity contribution in [3.63, 3.8) is 0 Å². The van der Waals surface area contributed by atoms with E-state index in [4.69, 9.17) is 5.73 Å². The molecule has 0 aliphatic carbocycles. The zero-order chi connectivity index (χ0) is 12.3. The van der Waals surface area contributed by atoms with Crippen molar-refractivity contribution in [2.24, 2.45) is 5.73 Å². The number of benzene rings is 1. The summed E-state index contributed by atoms with van der Waals surface area (Å²) in [5.41, 5.74) is 9.01. The molecule has 0 spiro atoms. The molecule has 4 nitrogen and oxygen atoms in total. The second-order valence-corrected chi connectivity index (χ2v) is 4.49. The van der Waals surface area contributed by atoms with E-state index in [1.807, 2.05) is 0 Å². The lowest BCUT2D eigenvalue weighted by Gasteiger charge is -2.22. The van der Waals surface area contributed by atoms with Crippen LogP contribution in [0.25, 0.3) is 0 Å². The molecule has 1 aromatic rings. The summed E-state index contributed by atoms with van der Waals surface area (Å²) in [5, 5.41) is 6.56. The highest BCUT2D eigenvalue weighted by Crippen LogP contribution is 2.25. The highest BCUT2D eigenvalue weighted by Gasteiger charge is 2.13. The zero-order valence-electron chi connectivity index (χ0n) is 10.1. The van der Waals surface area contributed by atoms with Gasteiger partial charge in [0.15, 0.2) is 0 Å². The molecule has 0 fully saturated rings. The van der Waals surface area contributed by atoms with E-state index in [2.05, 4.69) is 28.8 Å². The Morgan fingerprint density at radius 3 is 3.18 bits per heavy atom. The molecule has 0 saturated carbocycles. The molecule has 4 N–H and O–H groups in total. The molecular formula is C13H19N3O. The number of fused-ring (bicyclic) bond motifs is 1. The van der Waals surface area contributed by atoms with Crippen LogP contribution in [0.4, 0.5) is 5.69 Å². The van der Waals surface area contributed by atoms with Gasteiger partial charge in [0, 0.05) is 18.8 Å². The number of carbonyl (C=O) groups excluding carboxylic acids is 1. The first kappa shape index (κ1) is 11.9. The number of amides is 1. The van der Waals surface area contributed by atoms with Crippen molar-refractivity contribution in [2.75, 3.05) is 11.9 Å². The minimum atomic E-state index is -0.317. The van der Waals surface area contributed by atoms with Gasteiger partial charge in [-0.3, -0.25) is 4.79 Å². The summed E-state index contributed by atoms with van der Waals surface area (Å²) in [4.78, 5) is 11.0. The second-order valence-electron chi connectivity index (χ2n) is 4.49. The maximum Gasteiger partial charge on any atom is 0.234 e. The van der Waals surface area contributed by atoms with Crippen LogP contribution in [0, 0.1) is 0 Å². The fourth-order valence-corrected chi connectivity index (χ4v) is 2.09. The van der Waals surface area contributed by atoms with Gasteiger partial charge < -0.3 is 16.4 Å². The maximum absolute atomic E-state index is 11.0. The van der Waals surface area contributed by atoms with Gasteiger partial charge >= 0.3 is 0 Å². The monoisotopic (exact) mass is 233 g/mol. The molecule has 92 valence electrons. The minimum Gasteiger partial charge on any atom is -0.385 e. The van der Waals surface area contributed by atoms with Gasteiger partial charge in [0.1, 0.15) is 0 Å². The number of nitrogens with two attached hydrogens (primary N) is 1. The van der Waals surface area contributed by atoms with E-state index in [0.717, 1.165) is 13.0 Å². The van der Waals surface area contributed by atoms with Crippen LogP contribution in [0.5, 0.6) is 0 Å². The molecule has 17 heavy (non-hydrogen) atoms. The van der Waals surface area contributed by atoms with Crippen molar-refractivity contribution in [3.05, 3.63) is 29.3 Å². The molecule has 0 saturated heterocycles. The van der Waals surface area contributed by atoms with Crippen LogP contribution < -0.4 is 16.4 Å². The number of carbonyl (C=O) groups is 1. The number of aryl methyl sites for hydroxylation is 1. The van der Waals surface area contributed by atoms with Gasteiger partial charge in [0.25, 0.3) is 0 Å². The largest absolute Gasteiger partial charge is 0.385 e. The van der Waals surface area contributed by atoms with Gasteiger partial charge in [-0.15, -0.1) is 0 Å². The molecule has 0 aromatic heterocycles. The normalized spacial score (nSPS) is 15.8. The summed E-state index contributed by atoms with van der Waals surface area (Å²) < 4.78 is 0. The summed E-state index contributed by atoms with van der Waals surface area (Å²) in [6.07, 6.45) is 2.31. The van der Waals surface area contributed by atoms with Gasteiger partial charge in [0.05, 0.1) is 6.04 Å². The van der Waals surface area contributed by atoms with Crippen LogP contribution in [0.3, 0.4) is 0 Å². The lowest BCUT2D eigenvalue weighted by molar-refractivity contribution is -0.119. The Morgan fingerprint density at radius 2 is 2.41 bits per heavy atom. The molecule has 1 aliphatic heterocycles. The Hall–Kier alpha value is -1.55. The summed E-state index contributed by atoms with van der Waals surface area (Å²) in [7, 11) is 0. The van der Waals surface area contributed by atoms with Gasteiger partial charge in [-0.25, -0.2) is 0 Å². The summed E-state index contributed by atoms with van der Waals surface area (Å²) >= 11 is 0. The van der Waals surface area contributed by atoms with Crippen LogP contribution in [0.15, 0.2) is 18.2 Å². The fraction of sp³-hybridized carbons (Fsp3) is 0.462. The van der Waals surface area contributed by atoms with Crippen LogP contribution >= 0.6 is 0 Å². The number of hydrogen-bond acceptors (Lipinski definition) is 3. The summed E-state index contributed by atoms with van der Waals surface area (Å²) in [6, 6.07) is 6.01. The van der Waals surface area contributed by atoms with E-state index in [0.29, 0.717) is 6.54 Å². The Bertz CT molecular complexity index is 417. The number of hydrogen-bond donors (Lipinski definition) is 3. The molecule has 2 rings (SSSR count). The van der Waals surface area contributed by atoms with Crippen molar-refractivity contribution in [1.29, 1.82) is 0 Å². The first-order chi connectivity index (χ1) is 8.18. The van der Waals surface area contributed by atoms with Crippen molar-refractivity contribution >= 4 is 11.6 Å². The van der Waals surface area contributed by atoms with Gasteiger partial charge in [-0.2, -0.15) is 0 Å². The van der Waals surface area contributed by atoms with Crippen LogP contribution in [-0.4, -0.2) is 18.5 Å². The smallest absolute Gasteiger partial charge is 0.234 e. The Morgan fingerprint density at radius 1 is 1.59 bits per heavy atom. The van der Waals surface area contributed by atoms with Crippen molar-refractivity contribution in [2.45, 2.75) is 32.4 Å². The lowest BCUT2D eigenvalue weighted by atomic mass is 9.99. The standard InChI is InChI=1S/C13H19N3O/c1-9(13(14)17)16-8-11-5-2-4-10-6-3-7-15-12(10)11/h2,4-5,9,15-16H,3,6-8H2,1H3,(H2,14,17). The maximum atomic E-state index is 11.0. The first-order valence-electron chi connectivity index (χ1n) is 6.06. The van der Waals surface area contributed by atoms with E-state index < -0.39 is 0 Å². The molecular weight excluding hydrogens is 214 g/mol. The number of rotatable bonds is 4. The Balaban J connectivity index is 2.08. The number of anilines is 1. The van der Waals surface area contributed by atoms with Gasteiger partial charge in [-0.1, -0.05) is 18.2 Å². The van der Waals surface area contributed by atoms with E-state index in [-0.39, 0.29) is 11.9 Å². The Labute approximate surface area is 102 Å². The quantitative estimate of drug-likeness (QED) is 0.727. The fourth-order valence-electron chi connectivity index (χ4n) is 2.09. The average Bonchev–Trinajstić information content (AvgIpc) is 2.35. The molecule has 0 bridgehead atoms. The van der Waals surface area contributed by atoms with E-state index in [1.54, 1.807) is 6.92 Å². The second kappa shape index (κ2) is 5.19. The number of primary amides is 1. The topological polar surface area (TPSA) is 67.2 Å². The van der Waals surface area contributed by atoms with Gasteiger partial charge in [0.2, 0.25) is 5.91 Å². The molecule has 4 heteroatoms. The Kier molecular flexibility index (Phi) is 3.64. The van der Waals surface area contributed by atoms with E-state index in [1.165, 1.54) is 23.2 Å². The van der Waals surface area contributed by atoms with Crippen molar-refractivity contribution < 1.29 is 4.79 Å². The highest BCUT2D eigenvalue weighted by molar-refractivity contribution is 5.79. The molecule has 1 unspecified atom stereocenters. The van der Waals surface area contributed by atoms with Crippen molar-refractivity contribution in [3.8, 4) is 0 Å². The predicted octanol–water partition coefficient (Wildman–Crippen LogP) is 1.01. The zero-order valence-corrected chi connectivity index (χ0v) is 10.1. The van der Waals surface area contributed by atoms with Crippen molar-refractivity contribution in [1.82, 2.24) is 5.32 Å². The molecule has 1 aliphatic rings. The minimum absolute atomic E-state index is 0.297. The van der Waals surface area contributed by atoms with Crippen LogP contribution in [0.1, 0.15) is 24.5 Å². The van der Waals surface area contributed by atoms with Crippen LogP contribution in [-0.2, 0) is 17.8 Å². The van der Waals surface area contributed by atoms with Gasteiger partial charge in [-0.05, 0) is 30.9 Å². The molecule has 0 radical (unpaired) electrons. The average molecular weight is 233 g/mol. The summed E-state index contributed by atoms with van der Waals surface area (Å²) in [5.74, 6) is -0.317. The highest BCUT2D eigenvalue weighted by atomic mass is 16.1. The van der Waals surface area contributed by atoms with E-state index >= 15 is 0 Å². The molecule has 1 heterocycles. The predicted molar refractivity (Wildman–Crippen MR) is 68.7 cm³/mol. The molecule has 1 amide bonds. The summed E-state index contributed by atoms with van der Waals surface area (Å²) in [6.45, 7) is 3.47. The third kappa shape index (κ3) is 2.77. The lowest BCUT2D eigenvalue weighted by Crippen LogP contribution is -2.38. The number of nitrogens with one attached hydrogen (secondary N) is 2. The molecule has 1 atom stereocenters. The van der Waals surface area contributed by atoms with E-state index in [9.17, 15) is 4.79 Å². The first-order valence-corrected chi connectivity index (χ1v) is 6.06. The molecule has 1 aromatic carbocycles. The third-order valence-corrected chi connectivity index (χ3v) is 3.19.